The van der Waals surface area contributed by atoms with Crippen LogP contribution in [0.2, 0.25) is 0 Å². The number of aliphatic imine (C=N–C) groups is 1. The van der Waals surface area contributed by atoms with E-state index in [9.17, 15) is 9.18 Å². The van der Waals surface area contributed by atoms with Gasteiger partial charge in [0.05, 0.1) is 0 Å². The molecule has 0 saturated carbocycles. The summed E-state index contributed by atoms with van der Waals surface area (Å²) in [6, 6.07) is 4.60. The SMILES string of the molecule is CC(C)(C)NC1=NC(C)(c2ccc(Br)cc2F)C(=O)N1. The lowest BCUT2D eigenvalue weighted by Crippen LogP contribution is -2.47. The first-order valence-electron chi connectivity index (χ1n) is 6.27. The van der Waals surface area contributed by atoms with Crippen LogP contribution in [0.1, 0.15) is 33.3 Å². The van der Waals surface area contributed by atoms with Gasteiger partial charge in [-0.25, -0.2) is 9.38 Å². The van der Waals surface area contributed by atoms with E-state index in [1.807, 2.05) is 20.8 Å². The average molecular weight is 342 g/mol. The highest BCUT2D eigenvalue weighted by molar-refractivity contribution is 9.10. The highest BCUT2D eigenvalue weighted by atomic mass is 79.9. The van der Waals surface area contributed by atoms with E-state index in [0.29, 0.717) is 10.4 Å². The highest BCUT2D eigenvalue weighted by Gasteiger charge is 2.43. The maximum absolute atomic E-state index is 14.1. The molecule has 0 radical (unpaired) electrons. The van der Waals surface area contributed by atoms with Gasteiger partial charge >= 0.3 is 0 Å². The first-order valence-corrected chi connectivity index (χ1v) is 7.06. The Kier molecular flexibility index (Phi) is 3.62. The fraction of sp³-hybridized carbons (Fsp3) is 0.429. The van der Waals surface area contributed by atoms with Gasteiger partial charge in [-0.05, 0) is 39.8 Å². The molecule has 2 N–H and O–H groups in total. The number of nitrogens with one attached hydrogen (secondary N) is 2. The summed E-state index contributed by atoms with van der Waals surface area (Å²) in [4.78, 5) is 16.5. The van der Waals surface area contributed by atoms with Crippen molar-refractivity contribution in [3.63, 3.8) is 0 Å². The topological polar surface area (TPSA) is 53.5 Å². The first kappa shape index (κ1) is 15.0. The second-order valence-corrected chi connectivity index (χ2v) is 6.90. The molecule has 1 amide bonds. The molecule has 1 aromatic rings. The first-order chi connectivity index (χ1) is 9.12. The van der Waals surface area contributed by atoms with Gasteiger partial charge in [-0.1, -0.05) is 22.0 Å². The molecule has 1 heterocycles. The summed E-state index contributed by atoms with van der Waals surface area (Å²) >= 11 is 3.20. The minimum atomic E-state index is -1.25. The summed E-state index contributed by atoms with van der Waals surface area (Å²) in [6.45, 7) is 7.47. The third-order valence-corrected chi connectivity index (χ3v) is 3.45. The number of benzene rings is 1. The molecular formula is C14H17BrFN3O. The Bertz CT molecular complexity index is 595. The summed E-state index contributed by atoms with van der Waals surface area (Å²) in [5, 5.41) is 5.75. The predicted octanol–water partition coefficient (Wildman–Crippen LogP) is 2.68. The summed E-state index contributed by atoms with van der Waals surface area (Å²) in [6.07, 6.45) is 0. The molecule has 1 aliphatic rings. The van der Waals surface area contributed by atoms with Crippen molar-refractivity contribution in [2.45, 2.75) is 38.8 Å². The Morgan fingerprint density at radius 2 is 2.05 bits per heavy atom. The number of halogens is 2. The summed E-state index contributed by atoms with van der Waals surface area (Å²) in [7, 11) is 0. The molecule has 1 unspecified atom stereocenters. The molecule has 0 spiro atoms. The molecule has 2 rings (SSSR count). The maximum atomic E-state index is 14.1. The lowest BCUT2D eigenvalue weighted by atomic mass is 9.92. The lowest BCUT2D eigenvalue weighted by molar-refractivity contribution is -0.123. The van der Waals surface area contributed by atoms with Crippen LogP contribution in [0.4, 0.5) is 4.39 Å². The van der Waals surface area contributed by atoms with Crippen molar-refractivity contribution >= 4 is 27.8 Å². The van der Waals surface area contributed by atoms with E-state index in [-0.39, 0.29) is 17.0 Å². The van der Waals surface area contributed by atoms with Gasteiger partial charge in [-0.15, -0.1) is 0 Å². The van der Waals surface area contributed by atoms with E-state index in [4.69, 9.17) is 0 Å². The quantitative estimate of drug-likeness (QED) is 0.825. The van der Waals surface area contributed by atoms with Crippen molar-refractivity contribution in [3.8, 4) is 0 Å². The molecule has 6 heteroatoms. The summed E-state index contributed by atoms with van der Waals surface area (Å²) in [5.74, 6) is -0.435. The third kappa shape index (κ3) is 2.85. The molecule has 108 valence electrons. The third-order valence-electron chi connectivity index (χ3n) is 2.96. The van der Waals surface area contributed by atoms with Gasteiger partial charge in [0.25, 0.3) is 5.91 Å². The Morgan fingerprint density at radius 1 is 1.40 bits per heavy atom. The maximum Gasteiger partial charge on any atom is 0.259 e. The monoisotopic (exact) mass is 341 g/mol. The summed E-state index contributed by atoms with van der Waals surface area (Å²) < 4.78 is 14.7. The van der Waals surface area contributed by atoms with Gasteiger partial charge < -0.3 is 5.32 Å². The Hall–Kier alpha value is -1.43. The number of nitrogens with zero attached hydrogens (tertiary/aromatic N) is 1. The van der Waals surface area contributed by atoms with Crippen molar-refractivity contribution in [1.29, 1.82) is 0 Å². The van der Waals surface area contributed by atoms with Crippen LogP contribution in [0, 0.1) is 5.82 Å². The number of amides is 1. The number of guanidine groups is 1. The lowest BCUT2D eigenvalue weighted by Gasteiger charge is -2.21. The molecule has 0 saturated heterocycles. The van der Waals surface area contributed by atoms with E-state index >= 15 is 0 Å². The van der Waals surface area contributed by atoms with Gasteiger partial charge in [-0.2, -0.15) is 0 Å². The van der Waals surface area contributed by atoms with Crippen LogP contribution in [-0.4, -0.2) is 17.4 Å². The fourth-order valence-electron chi connectivity index (χ4n) is 2.01. The molecule has 0 aromatic heterocycles. The molecule has 1 atom stereocenters. The molecule has 0 bridgehead atoms. The largest absolute Gasteiger partial charge is 0.351 e. The van der Waals surface area contributed by atoms with Crippen molar-refractivity contribution in [2.24, 2.45) is 4.99 Å². The Labute approximate surface area is 126 Å². The second kappa shape index (κ2) is 4.84. The molecule has 0 aliphatic carbocycles. The van der Waals surface area contributed by atoms with Crippen LogP contribution in [0.3, 0.4) is 0 Å². The normalized spacial score (nSPS) is 22.5. The molecule has 4 nitrogen and oxygen atoms in total. The van der Waals surface area contributed by atoms with E-state index < -0.39 is 11.4 Å². The minimum absolute atomic E-state index is 0.240. The Morgan fingerprint density at radius 3 is 2.60 bits per heavy atom. The van der Waals surface area contributed by atoms with Gasteiger partial charge in [-0.3, -0.25) is 10.1 Å². The zero-order valence-corrected chi connectivity index (χ0v) is 13.4. The fourth-order valence-corrected chi connectivity index (χ4v) is 2.35. The van der Waals surface area contributed by atoms with Crippen molar-refractivity contribution in [3.05, 3.63) is 34.1 Å². The molecule has 1 aliphatic heterocycles. The van der Waals surface area contributed by atoms with Crippen LogP contribution >= 0.6 is 15.9 Å². The van der Waals surface area contributed by atoms with Gasteiger partial charge in [0, 0.05) is 15.6 Å². The van der Waals surface area contributed by atoms with Gasteiger partial charge in [0.2, 0.25) is 0 Å². The van der Waals surface area contributed by atoms with Crippen molar-refractivity contribution < 1.29 is 9.18 Å². The average Bonchev–Trinajstić information content (AvgIpc) is 2.51. The predicted molar refractivity (Wildman–Crippen MR) is 79.9 cm³/mol. The van der Waals surface area contributed by atoms with E-state index in [2.05, 4.69) is 31.6 Å². The number of carbonyl (C=O) groups excluding carboxylic acids is 1. The van der Waals surface area contributed by atoms with E-state index in [0.717, 1.165) is 0 Å². The molecule has 0 fully saturated rings. The number of hydrogen-bond acceptors (Lipinski definition) is 3. The molecular weight excluding hydrogens is 325 g/mol. The van der Waals surface area contributed by atoms with E-state index in [1.165, 1.54) is 6.07 Å². The van der Waals surface area contributed by atoms with E-state index in [1.54, 1.807) is 19.1 Å². The molecule has 20 heavy (non-hydrogen) atoms. The van der Waals surface area contributed by atoms with Crippen LogP contribution in [0.15, 0.2) is 27.7 Å². The van der Waals surface area contributed by atoms with Crippen LogP contribution in [0.5, 0.6) is 0 Å². The summed E-state index contributed by atoms with van der Waals surface area (Å²) in [5.41, 5.74) is -1.24. The second-order valence-electron chi connectivity index (χ2n) is 5.99. The van der Waals surface area contributed by atoms with Gasteiger partial charge in [0.1, 0.15) is 5.82 Å². The van der Waals surface area contributed by atoms with Crippen LogP contribution in [-0.2, 0) is 10.3 Å². The van der Waals surface area contributed by atoms with Crippen molar-refractivity contribution in [1.82, 2.24) is 10.6 Å². The molecule has 1 aromatic carbocycles. The van der Waals surface area contributed by atoms with Crippen molar-refractivity contribution in [2.75, 3.05) is 0 Å². The Balaban J connectivity index is 2.41. The standard InChI is InChI=1S/C14H17BrFN3O/c1-13(2,3)18-12-17-11(20)14(4,19-12)9-6-5-8(15)7-10(9)16/h5-7H,1-4H3,(H2,17,18,19,20). The number of hydrogen-bond donors (Lipinski definition) is 2. The van der Waals surface area contributed by atoms with Crippen LogP contribution in [0.25, 0.3) is 0 Å². The zero-order chi connectivity index (χ0) is 15.1. The number of carbonyl (C=O) groups is 1. The minimum Gasteiger partial charge on any atom is -0.351 e. The number of rotatable bonds is 1. The zero-order valence-electron chi connectivity index (χ0n) is 11.8. The smallest absolute Gasteiger partial charge is 0.259 e. The van der Waals surface area contributed by atoms with Gasteiger partial charge in [0.15, 0.2) is 11.5 Å². The van der Waals surface area contributed by atoms with Crippen LogP contribution < -0.4 is 10.6 Å². The highest BCUT2D eigenvalue weighted by Crippen LogP contribution is 2.32.